The van der Waals surface area contributed by atoms with Gasteiger partial charge < -0.3 is 23.4 Å². The Hall–Kier alpha value is -4.79. The molecule has 0 bridgehead atoms. The topological polar surface area (TPSA) is 100 Å². The Labute approximate surface area is 238 Å². The van der Waals surface area contributed by atoms with Gasteiger partial charge in [0.25, 0.3) is 0 Å². The van der Waals surface area contributed by atoms with Gasteiger partial charge >= 0.3 is 12.1 Å². The van der Waals surface area contributed by atoms with Crippen LogP contribution in [0.3, 0.4) is 0 Å². The molecule has 1 aliphatic rings. The van der Waals surface area contributed by atoms with Crippen molar-refractivity contribution in [3.63, 3.8) is 0 Å². The van der Waals surface area contributed by atoms with Crippen molar-refractivity contribution in [3.8, 4) is 28.7 Å². The van der Waals surface area contributed by atoms with Gasteiger partial charge in [-0.25, -0.2) is 9.78 Å². The molecule has 9 nitrogen and oxygen atoms in total. The van der Waals surface area contributed by atoms with E-state index in [1.54, 1.807) is 31.4 Å². The summed E-state index contributed by atoms with van der Waals surface area (Å²) < 4.78 is 27.5. The molecule has 1 saturated carbocycles. The quantitative estimate of drug-likeness (QED) is 0.209. The summed E-state index contributed by atoms with van der Waals surface area (Å²) in [6.45, 7) is 2.10. The van der Waals surface area contributed by atoms with Gasteiger partial charge in [0.15, 0.2) is 0 Å². The molecule has 1 aromatic heterocycles. The van der Waals surface area contributed by atoms with Crippen molar-refractivity contribution >= 4 is 12.1 Å². The normalized spacial score (nSPS) is 13.2. The molecule has 212 valence electrons. The highest BCUT2D eigenvalue weighted by Crippen LogP contribution is 2.51. The number of aromatic nitrogens is 1. The first-order valence-corrected chi connectivity index (χ1v) is 13.4. The van der Waals surface area contributed by atoms with Crippen molar-refractivity contribution in [2.45, 2.75) is 31.7 Å². The maximum absolute atomic E-state index is 13.3. The monoisotopic (exact) mass is 556 g/mol. The van der Waals surface area contributed by atoms with Crippen LogP contribution in [0, 0.1) is 6.92 Å². The number of benzene rings is 3. The standard InChI is InChI=1S/C32H32N2O7/c1-22-28(33-30(40-22)23-7-5-4-6-8-23)17-20-39-26-11-9-24(10-12-26)32(18-19-32)34(21-29(35)38-3)31(36)41-27-15-13-25(37-2)14-16-27/h4-16H,17-21H2,1-3H3. The number of hydrogen-bond donors (Lipinski definition) is 0. The third-order valence-corrected chi connectivity index (χ3v) is 7.15. The smallest absolute Gasteiger partial charge is 0.416 e. The molecule has 0 atom stereocenters. The summed E-state index contributed by atoms with van der Waals surface area (Å²) in [5.74, 6) is 2.52. The number of methoxy groups -OCH3 is 2. The number of nitrogens with zero attached hydrogens (tertiary/aromatic N) is 2. The molecule has 1 heterocycles. The SMILES string of the molecule is COC(=O)CN(C(=O)Oc1ccc(OC)cc1)C1(c2ccc(OCCc3nc(-c4ccccc4)oc3C)cc2)CC1. The Bertz CT molecular complexity index is 1480. The molecule has 0 saturated heterocycles. The Morgan fingerprint density at radius 1 is 0.902 bits per heavy atom. The largest absolute Gasteiger partial charge is 0.497 e. The lowest BCUT2D eigenvalue weighted by Gasteiger charge is -2.30. The molecule has 0 N–H and O–H groups in total. The maximum atomic E-state index is 13.3. The van der Waals surface area contributed by atoms with Gasteiger partial charge in [0.05, 0.1) is 32.1 Å². The molecule has 9 heteroatoms. The first kappa shape index (κ1) is 27.8. The van der Waals surface area contributed by atoms with E-state index in [1.165, 1.54) is 12.0 Å². The fraction of sp³-hybridized carbons (Fsp3) is 0.281. The highest BCUT2D eigenvalue weighted by molar-refractivity contribution is 5.80. The Morgan fingerprint density at radius 2 is 1.56 bits per heavy atom. The minimum Gasteiger partial charge on any atom is -0.497 e. The summed E-state index contributed by atoms with van der Waals surface area (Å²) in [7, 11) is 2.86. The molecule has 0 radical (unpaired) electrons. The second kappa shape index (κ2) is 12.2. The summed E-state index contributed by atoms with van der Waals surface area (Å²) in [5, 5.41) is 0. The van der Waals surface area contributed by atoms with Gasteiger partial charge in [-0.3, -0.25) is 9.69 Å². The van der Waals surface area contributed by atoms with Crippen LogP contribution in [0.4, 0.5) is 4.79 Å². The van der Waals surface area contributed by atoms with Crippen molar-refractivity contribution < 1.29 is 33.0 Å². The summed E-state index contributed by atoms with van der Waals surface area (Å²) in [6, 6.07) is 24.0. The predicted molar refractivity (Wildman–Crippen MR) is 151 cm³/mol. The second-order valence-corrected chi connectivity index (χ2v) is 9.75. The second-order valence-electron chi connectivity index (χ2n) is 9.75. The van der Waals surface area contributed by atoms with E-state index in [1.807, 2.05) is 61.5 Å². The lowest BCUT2D eigenvalue weighted by atomic mass is 10.0. The van der Waals surface area contributed by atoms with Crippen LogP contribution in [0.5, 0.6) is 17.2 Å². The molecular formula is C32H32N2O7. The Kier molecular flexibility index (Phi) is 8.24. The van der Waals surface area contributed by atoms with Gasteiger partial charge in [-0.2, -0.15) is 0 Å². The number of oxazole rings is 1. The molecule has 1 fully saturated rings. The summed E-state index contributed by atoms with van der Waals surface area (Å²) >= 11 is 0. The molecule has 0 unspecified atom stereocenters. The molecule has 0 aliphatic heterocycles. The number of esters is 1. The van der Waals surface area contributed by atoms with Gasteiger partial charge in [-0.05, 0) is 73.9 Å². The van der Waals surface area contributed by atoms with E-state index < -0.39 is 17.6 Å². The van der Waals surface area contributed by atoms with Crippen molar-refractivity contribution in [3.05, 3.63) is 95.9 Å². The van der Waals surface area contributed by atoms with E-state index in [0.29, 0.717) is 49.0 Å². The highest BCUT2D eigenvalue weighted by Gasteiger charge is 2.53. The van der Waals surface area contributed by atoms with Crippen LogP contribution in [0.2, 0.25) is 0 Å². The zero-order chi connectivity index (χ0) is 28.8. The van der Waals surface area contributed by atoms with E-state index in [0.717, 1.165) is 22.6 Å². The zero-order valence-corrected chi connectivity index (χ0v) is 23.3. The molecule has 4 aromatic rings. The van der Waals surface area contributed by atoms with Crippen LogP contribution in [0.1, 0.15) is 29.9 Å². The first-order valence-electron chi connectivity index (χ1n) is 13.4. The Balaban J connectivity index is 1.24. The third-order valence-electron chi connectivity index (χ3n) is 7.15. The fourth-order valence-corrected chi connectivity index (χ4v) is 4.71. The zero-order valence-electron chi connectivity index (χ0n) is 23.3. The lowest BCUT2D eigenvalue weighted by molar-refractivity contribution is -0.142. The van der Waals surface area contributed by atoms with Gasteiger partial charge in [0, 0.05) is 12.0 Å². The van der Waals surface area contributed by atoms with Crippen LogP contribution in [-0.4, -0.2) is 49.3 Å². The molecule has 3 aromatic carbocycles. The number of carbonyl (C=O) groups is 2. The third kappa shape index (κ3) is 6.35. The predicted octanol–water partition coefficient (Wildman–Crippen LogP) is 5.94. The summed E-state index contributed by atoms with van der Waals surface area (Å²) in [5.41, 5.74) is 2.01. The molecule has 41 heavy (non-hydrogen) atoms. The van der Waals surface area contributed by atoms with Crippen LogP contribution < -0.4 is 14.2 Å². The van der Waals surface area contributed by atoms with Crippen LogP contribution in [0.15, 0.2) is 83.3 Å². The molecule has 1 amide bonds. The maximum Gasteiger partial charge on any atom is 0.416 e. The van der Waals surface area contributed by atoms with Crippen LogP contribution >= 0.6 is 0 Å². The molecular weight excluding hydrogens is 524 g/mol. The number of carbonyl (C=O) groups excluding carboxylic acids is 2. The molecule has 1 aliphatic carbocycles. The van der Waals surface area contributed by atoms with Crippen LogP contribution in [0.25, 0.3) is 11.5 Å². The average molecular weight is 557 g/mol. The van der Waals surface area contributed by atoms with Crippen molar-refractivity contribution in [1.29, 1.82) is 0 Å². The minimum atomic E-state index is -0.665. The summed E-state index contributed by atoms with van der Waals surface area (Å²) in [6.07, 6.45) is 1.35. The van der Waals surface area contributed by atoms with Crippen molar-refractivity contribution in [2.24, 2.45) is 0 Å². The van der Waals surface area contributed by atoms with Gasteiger partial charge in [0.1, 0.15) is 29.6 Å². The number of hydrogen-bond acceptors (Lipinski definition) is 8. The lowest BCUT2D eigenvalue weighted by Crippen LogP contribution is -2.45. The Morgan fingerprint density at radius 3 is 2.20 bits per heavy atom. The van der Waals surface area contributed by atoms with E-state index in [-0.39, 0.29) is 6.54 Å². The molecule has 0 spiro atoms. The van der Waals surface area contributed by atoms with E-state index >= 15 is 0 Å². The van der Waals surface area contributed by atoms with Gasteiger partial charge in [-0.15, -0.1) is 0 Å². The summed E-state index contributed by atoms with van der Waals surface area (Å²) in [4.78, 5) is 31.6. The van der Waals surface area contributed by atoms with Crippen LogP contribution in [-0.2, 0) is 21.5 Å². The van der Waals surface area contributed by atoms with Gasteiger partial charge in [0.2, 0.25) is 5.89 Å². The number of ether oxygens (including phenoxy) is 4. The molecule has 5 rings (SSSR count). The van der Waals surface area contributed by atoms with E-state index in [9.17, 15) is 9.59 Å². The average Bonchev–Trinajstić information content (AvgIpc) is 3.73. The number of aryl methyl sites for hydroxylation is 1. The minimum absolute atomic E-state index is 0.230. The fourth-order valence-electron chi connectivity index (χ4n) is 4.71. The van der Waals surface area contributed by atoms with E-state index in [2.05, 4.69) is 4.98 Å². The highest BCUT2D eigenvalue weighted by atomic mass is 16.6. The van der Waals surface area contributed by atoms with E-state index in [4.69, 9.17) is 23.4 Å². The van der Waals surface area contributed by atoms with Crippen molar-refractivity contribution in [1.82, 2.24) is 9.88 Å². The number of rotatable bonds is 11. The first-order chi connectivity index (χ1) is 19.9. The number of amides is 1. The van der Waals surface area contributed by atoms with Gasteiger partial charge in [-0.1, -0.05) is 30.3 Å². The van der Waals surface area contributed by atoms with Crippen molar-refractivity contribution in [2.75, 3.05) is 27.4 Å².